The van der Waals surface area contributed by atoms with Crippen LogP contribution in [0.1, 0.15) is 35.5 Å². The van der Waals surface area contributed by atoms with Gasteiger partial charge in [-0.1, -0.05) is 49.4 Å². The molecular weight excluding hydrogens is 552 g/mol. The molecule has 2 aliphatic heterocycles. The summed E-state index contributed by atoms with van der Waals surface area (Å²) >= 11 is 6.40. The van der Waals surface area contributed by atoms with Crippen molar-refractivity contribution in [2.75, 3.05) is 46.2 Å². The number of hydrogen-bond donors (Lipinski definition) is 3. The van der Waals surface area contributed by atoms with Gasteiger partial charge in [-0.05, 0) is 32.3 Å². The molecule has 0 saturated carbocycles. The number of fused-ring (bicyclic) bond motifs is 1. The van der Waals surface area contributed by atoms with Gasteiger partial charge in [-0.25, -0.2) is 0 Å². The van der Waals surface area contributed by atoms with Crippen LogP contribution < -0.4 is 15.4 Å². The number of carbonyl (C=O) groups excluding carboxylic acids is 2. The van der Waals surface area contributed by atoms with Crippen LogP contribution >= 0.6 is 11.6 Å². The molecule has 1 aromatic carbocycles. The summed E-state index contributed by atoms with van der Waals surface area (Å²) in [6.07, 6.45) is 7.55. The van der Waals surface area contributed by atoms with E-state index in [4.69, 9.17) is 16.3 Å². The Balaban J connectivity index is 1.54. The van der Waals surface area contributed by atoms with Crippen LogP contribution in [0, 0.1) is 17.3 Å². The summed E-state index contributed by atoms with van der Waals surface area (Å²) in [4.78, 5) is 37.6. The smallest absolute Gasteiger partial charge is 0.255 e. The van der Waals surface area contributed by atoms with Crippen molar-refractivity contribution < 1.29 is 14.3 Å². The monoisotopic (exact) mass is 586 g/mol. The second kappa shape index (κ2) is 11.9. The van der Waals surface area contributed by atoms with Gasteiger partial charge in [0.2, 0.25) is 5.91 Å². The van der Waals surface area contributed by atoms with Crippen molar-refractivity contribution in [2.24, 2.45) is 5.41 Å². The molecule has 0 spiro atoms. The molecule has 218 valence electrons. The first-order valence-corrected chi connectivity index (χ1v) is 14.2. The van der Waals surface area contributed by atoms with Gasteiger partial charge in [-0.15, -0.1) is 0 Å². The molecule has 5 rings (SSSR count). The number of rotatable bonds is 7. The summed E-state index contributed by atoms with van der Waals surface area (Å²) < 4.78 is 5.56. The Bertz CT molecular complexity index is 1610. The number of benzene rings is 1. The van der Waals surface area contributed by atoms with E-state index in [1.54, 1.807) is 36.5 Å². The lowest BCUT2D eigenvalue weighted by molar-refractivity contribution is -0.140. The van der Waals surface area contributed by atoms with Crippen LogP contribution in [-0.4, -0.2) is 78.5 Å². The Morgan fingerprint density at radius 3 is 2.88 bits per heavy atom. The minimum absolute atomic E-state index is 0.0492. The fourth-order valence-corrected chi connectivity index (χ4v) is 5.63. The fourth-order valence-electron chi connectivity index (χ4n) is 5.38. The Kier molecular flexibility index (Phi) is 8.30. The van der Waals surface area contributed by atoms with Crippen LogP contribution in [0.5, 0.6) is 5.75 Å². The average Bonchev–Trinajstić information content (AvgIpc) is 3.31. The predicted molar refractivity (Wildman–Crippen MR) is 165 cm³/mol. The van der Waals surface area contributed by atoms with Gasteiger partial charge in [-0.3, -0.25) is 14.6 Å². The quantitative estimate of drug-likeness (QED) is 0.279. The van der Waals surface area contributed by atoms with Crippen LogP contribution in [-0.2, 0) is 11.2 Å². The van der Waals surface area contributed by atoms with E-state index in [9.17, 15) is 9.59 Å². The number of nitrogens with zero attached hydrogens (tertiary/aromatic N) is 3. The number of hydrogen-bond acceptors (Lipinski definition) is 6. The third-order valence-corrected chi connectivity index (χ3v) is 7.77. The Morgan fingerprint density at radius 1 is 1.33 bits per heavy atom. The van der Waals surface area contributed by atoms with Crippen molar-refractivity contribution in [1.82, 2.24) is 25.1 Å². The van der Waals surface area contributed by atoms with Crippen LogP contribution in [0.15, 0.2) is 48.8 Å². The van der Waals surface area contributed by atoms with Gasteiger partial charge in [0.05, 0.1) is 40.3 Å². The number of carbonyl (C=O) groups is 2. The van der Waals surface area contributed by atoms with E-state index in [1.165, 1.54) is 0 Å². The van der Waals surface area contributed by atoms with Gasteiger partial charge in [-0.2, -0.15) is 0 Å². The van der Waals surface area contributed by atoms with Crippen LogP contribution in [0.2, 0.25) is 5.02 Å². The highest BCUT2D eigenvalue weighted by Gasteiger charge is 2.46. The number of halogens is 1. The summed E-state index contributed by atoms with van der Waals surface area (Å²) in [7, 11) is 5.47. The molecule has 42 heavy (non-hydrogen) atoms. The summed E-state index contributed by atoms with van der Waals surface area (Å²) in [6, 6.07) is 7.03. The van der Waals surface area contributed by atoms with Crippen molar-refractivity contribution in [3.05, 3.63) is 70.7 Å². The van der Waals surface area contributed by atoms with Gasteiger partial charge in [0.15, 0.2) is 5.75 Å². The van der Waals surface area contributed by atoms with Crippen molar-refractivity contribution in [3.63, 3.8) is 0 Å². The first kappa shape index (κ1) is 29.2. The highest BCUT2D eigenvalue weighted by Crippen LogP contribution is 2.42. The number of H-pyrrole nitrogens is 1. The molecular formula is C32H35ClN6O3. The number of amides is 2. The lowest BCUT2D eigenvalue weighted by atomic mass is 9.75. The zero-order valence-corrected chi connectivity index (χ0v) is 25.2. The molecule has 0 radical (unpaired) electrons. The Morgan fingerprint density at radius 2 is 2.14 bits per heavy atom. The third-order valence-electron chi connectivity index (χ3n) is 7.47. The first-order chi connectivity index (χ1) is 20.1. The van der Waals surface area contributed by atoms with E-state index >= 15 is 0 Å². The number of para-hydroxylation sites is 1. The molecule has 1 atom stereocenters. The number of aromatic nitrogens is 2. The average molecular weight is 587 g/mol. The van der Waals surface area contributed by atoms with Gasteiger partial charge in [0.25, 0.3) is 5.91 Å². The summed E-state index contributed by atoms with van der Waals surface area (Å²) in [6.45, 7) is 6.08. The SMILES string of the molecule is COc1c(Cl)cccc1Nc1c(-c2ccncc2C#C[C@@H]2N(C(=O)/C=C/CN(C)C)CC2(C)C)[nH]c2c1C(=O)NCC2. The molecule has 1 fully saturated rings. The normalized spacial score (nSPS) is 17.3. The number of pyridine rings is 1. The molecule has 2 amide bonds. The van der Waals surface area contributed by atoms with Crippen molar-refractivity contribution in [2.45, 2.75) is 26.3 Å². The molecule has 2 aromatic heterocycles. The van der Waals surface area contributed by atoms with Crippen LogP contribution in [0.25, 0.3) is 11.3 Å². The minimum Gasteiger partial charge on any atom is -0.493 e. The number of aromatic amines is 1. The molecule has 0 aliphatic carbocycles. The summed E-state index contributed by atoms with van der Waals surface area (Å²) in [5, 5.41) is 6.81. The van der Waals surface area contributed by atoms with E-state index in [0.717, 1.165) is 11.3 Å². The molecule has 9 nitrogen and oxygen atoms in total. The molecule has 1 saturated heterocycles. The van der Waals surface area contributed by atoms with Crippen LogP contribution in [0.4, 0.5) is 11.4 Å². The van der Waals surface area contributed by atoms with E-state index in [2.05, 4.69) is 46.3 Å². The highest BCUT2D eigenvalue weighted by atomic mass is 35.5. The van der Waals surface area contributed by atoms with Crippen molar-refractivity contribution >= 4 is 34.8 Å². The fraction of sp³-hybridized carbons (Fsp3) is 0.344. The molecule has 10 heteroatoms. The number of likely N-dealkylation sites (N-methyl/N-ethyl adjacent to an activating group) is 1. The maximum absolute atomic E-state index is 13.1. The Labute approximate surface area is 251 Å². The molecule has 2 aliphatic rings. The minimum atomic E-state index is -0.252. The maximum Gasteiger partial charge on any atom is 0.255 e. The van der Waals surface area contributed by atoms with E-state index < -0.39 is 0 Å². The van der Waals surface area contributed by atoms with Crippen LogP contribution in [0.3, 0.4) is 0 Å². The molecule has 0 bridgehead atoms. The second-order valence-corrected chi connectivity index (χ2v) is 11.8. The first-order valence-electron chi connectivity index (χ1n) is 13.8. The standard InChI is InChI=1S/C32H35ClN6O3/c1-32(2)19-39(26(40)10-7-17-38(3)4)25(32)12-11-20-18-34-15-13-21(20)28-29(27-23(36-28)14-16-35-31(27)41)37-24-9-6-8-22(33)30(24)42-5/h6-10,13,15,18,25,36-37H,14,16-17,19H2,1-5H3,(H,35,41)/b10-7+/t25-/m0/s1. The predicted octanol–water partition coefficient (Wildman–Crippen LogP) is 4.47. The lowest BCUT2D eigenvalue weighted by Gasteiger charge is -2.51. The largest absolute Gasteiger partial charge is 0.493 e. The van der Waals surface area contributed by atoms with Crippen molar-refractivity contribution in [1.29, 1.82) is 0 Å². The number of nitrogens with one attached hydrogen (secondary N) is 3. The van der Waals surface area contributed by atoms with E-state index in [1.807, 2.05) is 43.3 Å². The number of ether oxygens (including phenoxy) is 1. The topological polar surface area (TPSA) is 103 Å². The summed E-state index contributed by atoms with van der Waals surface area (Å²) in [5.41, 5.74) is 4.60. The Hall–Kier alpha value is -4.26. The zero-order chi connectivity index (χ0) is 30.0. The van der Waals surface area contributed by atoms with E-state index in [-0.39, 0.29) is 23.3 Å². The molecule has 3 N–H and O–H groups in total. The van der Waals surface area contributed by atoms with E-state index in [0.29, 0.717) is 65.0 Å². The third kappa shape index (κ3) is 5.73. The number of likely N-dealkylation sites (tertiary alicyclic amines) is 1. The lowest BCUT2D eigenvalue weighted by Crippen LogP contribution is -2.62. The summed E-state index contributed by atoms with van der Waals surface area (Å²) in [5.74, 6) is 6.92. The van der Waals surface area contributed by atoms with Gasteiger partial charge in [0.1, 0.15) is 6.04 Å². The number of anilines is 2. The highest BCUT2D eigenvalue weighted by molar-refractivity contribution is 6.32. The second-order valence-electron chi connectivity index (χ2n) is 11.4. The molecule has 3 aromatic rings. The van der Waals surface area contributed by atoms with Gasteiger partial charge < -0.3 is 30.2 Å². The zero-order valence-electron chi connectivity index (χ0n) is 24.5. The van der Waals surface area contributed by atoms with Gasteiger partial charge >= 0.3 is 0 Å². The van der Waals surface area contributed by atoms with Gasteiger partial charge in [0, 0.05) is 61.2 Å². The molecule has 4 heterocycles. The molecule has 0 unspecified atom stereocenters. The maximum atomic E-state index is 13.1. The number of methoxy groups -OCH3 is 1. The van der Waals surface area contributed by atoms with Crippen molar-refractivity contribution in [3.8, 4) is 28.8 Å².